The Morgan fingerprint density at radius 3 is 2.44 bits per heavy atom. The van der Waals surface area contributed by atoms with Crippen LogP contribution in [0.5, 0.6) is 0 Å². The smallest absolute Gasteiger partial charge is 0.222 e. The van der Waals surface area contributed by atoms with Crippen molar-refractivity contribution in [1.29, 1.82) is 0 Å². The average molecular weight is 248 g/mol. The summed E-state index contributed by atoms with van der Waals surface area (Å²) < 4.78 is 21.0. The van der Waals surface area contributed by atoms with Crippen LogP contribution in [0.15, 0.2) is 0 Å². The molecule has 0 bridgehead atoms. The Bertz CT molecular complexity index is 231. The van der Waals surface area contributed by atoms with Crippen LogP contribution in [0.2, 0.25) is 0 Å². The lowest BCUT2D eigenvalue weighted by Crippen LogP contribution is -2.35. The van der Waals surface area contributed by atoms with Crippen LogP contribution in [0, 0.1) is 5.92 Å². The van der Waals surface area contributed by atoms with Gasteiger partial charge in [-0.15, -0.1) is 0 Å². The van der Waals surface area contributed by atoms with Gasteiger partial charge in [-0.25, -0.2) is 0 Å². The lowest BCUT2D eigenvalue weighted by Gasteiger charge is -2.24. The largest absolute Gasteiger partial charge is 0.772 e. The molecule has 0 spiro atoms. The zero-order chi connectivity index (χ0) is 12.6. The van der Waals surface area contributed by atoms with E-state index in [-0.39, 0.29) is 11.7 Å². The quantitative estimate of drug-likeness (QED) is 0.612. The van der Waals surface area contributed by atoms with E-state index in [4.69, 9.17) is 0 Å². The molecule has 0 saturated carbocycles. The summed E-state index contributed by atoms with van der Waals surface area (Å²) in [6.07, 6.45) is 2.22. The summed E-state index contributed by atoms with van der Waals surface area (Å²) in [7, 11) is 0. The van der Waals surface area contributed by atoms with E-state index in [9.17, 15) is 13.6 Å². The number of hydrogen-bond donors (Lipinski definition) is 0. The van der Waals surface area contributed by atoms with Crippen LogP contribution >= 0.6 is 0 Å². The molecule has 0 aromatic heterocycles. The van der Waals surface area contributed by atoms with Crippen molar-refractivity contribution >= 4 is 17.0 Å². The third-order valence-electron chi connectivity index (χ3n) is 2.32. The summed E-state index contributed by atoms with van der Waals surface area (Å²) in [6.45, 7) is 7.11. The molecule has 0 rings (SSSR count). The van der Waals surface area contributed by atoms with Crippen LogP contribution in [0.25, 0.3) is 0 Å². The highest BCUT2D eigenvalue weighted by Crippen LogP contribution is 2.05. The SMILES string of the molecule is CCCC(=O)N(CCC(C)C)CCS(=O)[O-]. The number of hydrogen-bond acceptors (Lipinski definition) is 3. The maximum absolute atomic E-state index is 11.7. The van der Waals surface area contributed by atoms with Gasteiger partial charge in [-0.1, -0.05) is 31.9 Å². The highest BCUT2D eigenvalue weighted by molar-refractivity contribution is 7.79. The van der Waals surface area contributed by atoms with Crippen LogP contribution in [-0.4, -0.2) is 38.4 Å². The van der Waals surface area contributed by atoms with Gasteiger partial charge in [-0.05, 0) is 18.8 Å². The maximum Gasteiger partial charge on any atom is 0.222 e. The average Bonchev–Trinajstić information content (AvgIpc) is 2.17. The lowest BCUT2D eigenvalue weighted by molar-refractivity contribution is -0.131. The molecule has 0 heterocycles. The van der Waals surface area contributed by atoms with Crippen molar-refractivity contribution in [2.24, 2.45) is 5.92 Å². The molecule has 1 unspecified atom stereocenters. The monoisotopic (exact) mass is 248 g/mol. The summed E-state index contributed by atoms with van der Waals surface area (Å²) >= 11 is -2.06. The molecule has 0 aliphatic rings. The standard InChI is InChI=1S/C11H23NO3S/c1-4-5-11(13)12(7-6-10(2)3)8-9-16(14)15/h10H,4-9H2,1-3H3,(H,14,15)/p-1. The molecule has 0 aromatic carbocycles. The first-order chi connectivity index (χ1) is 7.47. The van der Waals surface area contributed by atoms with Gasteiger partial charge in [0.05, 0.1) is 0 Å². The van der Waals surface area contributed by atoms with Crippen LogP contribution in [-0.2, 0) is 15.9 Å². The van der Waals surface area contributed by atoms with Gasteiger partial charge in [0.25, 0.3) is 0 Å². The number of rotatable bonds is 8. The first-order valence-corrected chi connectivity index (χ1v) is 7.05. The van der Waals surface area contributed by atoms with Crippen molar-refractivity contribution in [3.63, 3.8) is 0 Å². The minimum atomic E-state index is -2.06. The Balaban J connectivity index is 4.14. The second-order valence-corrected chi connectivity index (χ2v) is 5.34. The Morgan fingerprint density at radius 2 is 2.00 bits per heavy atom. The fraction of sp³-hybridized carbons (Fsp3) is 0.909. The number of amides is 1. The second-order valence-electron chi connectivity index (χ2n) is 4.32. The van der Waals surface area contributed by atoms with Crippen LogP contribution in [0.4, 0.5) is 0 Å². The number of nitrogens with zero attached hydrogens (tertiary/aromatic N) is 1. The van der Waals surface area contributed by atoms with E-state index in [1.807, 2.05) is 6.92 Å². The van der Waals surface area contributed by atoms with E-state index in [1.165, 1.54) is 0 Å². The second kappa shape index (κ2) is 8.70. The predicted molar refractivity (Wildman–Crippen MR) is 64.7 cm³/mol. The summed E-state index contributed by atoms with van der Waals surface area (Å²) in [5, 5.41) is 0. The molecular formula is C11H22NO3S-. The molecule has 0 saturated heterocycles. The van der Waals surface area contributed by atoms with Crippen molar-refractivity contribution in [3.8, 4) is 0 Å². The molecule has 5 heteroatoms. The van der Waals surface area contributed by atoms with Crippen LogP contribution in [0.1, 0.15) is 40.0 Å². The third-order valence-corrected chi connectivity index (χ3v) is 2.84. The molecular weight excluding hydrogens is 226 g/mol. The van der Waals surface area contributed by atoms with Gasteiger partial charge in [0.1, 0.15) is 0 Å². The van der Waals surface area contributed by atoms with Gasteiger partial charge in [-0.2, -0.15) is 0 Å². The van der Waals surface area contributed by atoms with E-state index < -0.39 is 11.1 Å². The van der Waals surface area contributed by atoms with E-state index in [2.05, 4.69) is 13.8 Å². The Kier molecular flexibility index (Phi) is 8.47. The van der Waals surface area contributed by atoms with Gasteiger partial charge < -0.3 is 9.45 Å². The maximum atomic E-state index is 11.7. The first-order valence-electron chi connectivity index (χ1n) is 5.81. The van der Waals surface area contributed by atoms with Gasteiger partial charge in [0.15, 0.2) is 0 Å². The van der Waals surface area contributed by atoms with Gasteiger partial charge >= 0.3 is 0 Å². The minimum absolute atomic E-state index is 0.0353. The molecule has 0 N–H and O–H groups in total. The summed E-state index contributed by atoms with van der Waals surface area (Å²) in [5.74, 6) is 0.622. The Morgan fingerprint density at radius 1 is 1.38 bits per heavy atom. The normalized spacial score (nSPS) is 12.8. The minimum Gasteiger partial charge on any atom is -0.772 e. The van der Waals surface area contributed by atoms with E-state index in [0.717, 1.165) is 12.8 Å². The fourth-order valence-corrected chi connectivity index (χ4v) is 1.70. The first kappa shape index (κ1) is 15.6. The predicted octanol–water partition coefficient (Wildman–Crippen LogP) is 1.54. The summed E-state index contributed by atoms with van der Waals surface area (Å²) in [4.78, 5) is 13.4. The van der Waals surface area contributed by atoms with Gasteiger partial charge in [0, 0.05) is 25.3 Å². The number of carbonyl (C=O) groups is 1. The van der Waals surface area contributed by atoms with Crippen molar-refractivity contribution in [2.75, 3.05) is 18.8 Å². The van der Waals surface area contributed by atoms with Gasteiger partial charge in [-0.3, -0.25) is 9.00 Å². The van der Waals surface area contributed by atoms with Crippen molar-refractivity contribution in [1.82, 2.24) is 4.90 Å². The van der Waals surface area contributed by atoms with E-state index in [0.29, 0.717) is 25.4 Å². The Hall–Kier alpha value is -0.420. The zero-order valence-electron chi connectivity index (χ0n) is 10.4. The molecule has 16 heavy (non-hydrogen) atoms. The third kappa shape index (κ3) is 7.82. The van der Waals surface area contributed by atoms with Crippen LogP contribution in [0.3, 0.4) is 0 Å². The number of carbonyl (C=O) groups excluding carboxylic acids is 1. The zero-order valence-corrected chi connectivity index (χ0v) is 11.2. The van der Waals surface area contributed by atoms with Crippen molar-refractivity contribution in [2.45, 2.75) is 40.0 Å². The molecule has 96 valence electrons. The molecule has 0 fully saturated rings. The van der Waals surface area contributed by atoms with Gasteiger partial charge in [0.2, 0.25) is 5.91 Å². The summed E-state index contributed by atoms with van der Waals surface area (Å²) in [6, 6.07) is 0. The van der Waals surface area contributed by atoms with Crippen molar-refractivity contribution in [3.05, 3.63) is 0 Å². The highest BCUT2D eigenvalue weighted by atomic mass is 32.2. The van der Waals surface area contributed by atoms with Crippen LogP contribution < -0.4 is 0 Å². The van der Waals surface area contributed by atoms with Crippen molar-refractivity contribution < 1.29 is 13.6 Å². The summed E-state index contributed by atoms with van der Waals surface area (Å²) in [5.41, 5.74) is 0. The highest BCUT2D eigenvalue weighted by Gasteiger charge is 2.12. The van der Waals surface area contributed by atoms with E-state index in [1.54, 1.807) is 4.90 Å². The molecule has 0 aromatic rings. The lowest BCUT2D eigenvalue weighted by atomic mass is 10.1. The molecule has 0 aliphatic carbocycles. The molecule has 4 nitrogen and oxygen atoms in total. The molecule has 0 radical (unpaired) electrons. The topological polar surface area (TPSA) is 60.4 Å². The van der Waals surface area contributed by atoms with E-state index >= 15 is 0 Å². The fourth-order valence-electron chi connectivity index (χ4n) is 1.33. The molecule has 1 amide bonds. The Labute approximate surface area is 101 Å². The molecule has 1 atom stereocenters. The molecule has 0 aliphatic heterocycles.